The minimum absolute atomic E-state index is 0.187. The summed E-state index contributed by atoms with van der Waals surface area (Å²) in [6.07, 6.45) is 0. The Morgan fingerprint density at radius 2 is 2.06 bits per heavy atom. The minimum Gasteiger partial charge on any atom is -0.507 e. The summed E-state index contributed by atoms with van der Waals surface area (Å²) in [6, 6.07) is 2.37. The lowest BCUT2D eigenvalue weighted by Crippen LogP contribution is -2.37. The summed E-state index contributed by atoms with van der Waals surface area (Å²) in [7, 11) is 0. The number of benzene rings is 1. The maximum absolute atomic E-state index is 12.8. The Labute approximate surface area is 92.1 Å². The summed E-state index contributed by atoms with van der Waals surface area (Å²) in [4.78, 5) is 22.5. The lowest BCUT2D eigenvalue weighted by molar-refractivity contribution is -0.118. The molecule has 4 nitrogen and oxygen atoms in total. The first-order valence-corrected chi connectivity index (χ1v) is 4.71. The van der Waals surface area contributed by atoms with E-state index in [1.54, 1.807) is 0 Å². The lowest BCUT2D eigenvalue weighted by atomic mass is 10.1. The molecule has 1 amide bonds. The van der Waals surface area contributed by atoms with Gasteiger partial charge in [-0.3, -0.25) is 9.59 Å². The average molecular weight is 225 g/mol. The van der Waals surface area contributed by atoms with Gasteiger partial charge >= 0.3 is 0 Å². The van der Waals surface area contributed by atoms with Gasteiger partial charge in [0, 0.05) is 0 Å². The van der Waals surface area contributed by atoms with Crippen LogP contribution >= 0.6 is 0 Å². The van der Waals surface area contributed by atoms with Crippen molar-refractivity contribution in [1.82, 2.24) is 5.32 Å². The third-order valence-corrected chi connectivity index (χ3v) is 2.16. The van der Waals surface area contributed by atoms with E-state index < -0.39 is 17.8 Å². The summed E-state index contributed by atoms with van der Waals surface area (Å²) < 4.78 is 12.8. The first-order chi connectivity index (χ1) is 7.41. The molecule has 1 rings (SSSR count). The number of amides is 1. The van der Waals surface area contributed by atoms with Gasteiger partial charge in [-0.15, -0.1) is 0 Å². The van der Waals surface area contributed by atoms with E-state index in [4.69, 9.17) is 0 Å². The predicted octanol–water partition coefficient (Wildman–Crippen LogP) is 1.24. The van der Waals surface area contributed by atoms with Crippen LogP contribution in [-0.4, -0.2) is 22.8 Å². The number of carbonyl (C=O) groups excluding carboxylic acids is 2. The van der Waals surface area contributed by atoms with Crippen LogP contribution in [0.1, 0.15) is 24.2 Å². The number of hydrogen-bond acceptors (Lipinski definition) is 3. The van der Waals surface area contributed by atoms with Crippen LogP contribution in [0.25, 0.3) is 0 Å². The van der Waals surface area contributed by atoms with Gasteiger partial charge < -0.3 is 10.4 Å². The number of phenolic OH excluding ortho intramolecular Hbond substituents is 1. The molecule has 16 heavy (non-hydrogen) atoms. The van der Waals surface area contributed by atoms with E-state index in [0.717, 1.165) is 18.2 Å². The van der Waals surface area contributed by atoms with Gasteiger partial charge in [0.2, 0.25) is 0 Å². The van der Waals surface area contributed by atoms with Crippen molar-refractivity contribution in [2.45, 2.75) is 19.9 Å². The standard InChI is InChI=1S/C11H12FNO3/c1-6(7(2)14)13-11(16)9-5-8(12)3-4-10(9)15/h3-6,15H,1-2H3,(H,13,16). The smallest absolute Gasteiger partial charge is 0.255 e. The Hall–Kier alpha value is -1.91. The van der Waals surface area contributed by atoms with Gasteiger partial charge in [0.1, 0.15) is 11.6 Å². The van der Waals surface area contributed by atoms with Gasteiger partial charge in [-0.05, 0) is 32.0 Å². The van der Waals surface area contributed by atoms with Gasteiger partial charge in [-0.1, -0.05) is 0 Å². The van der Waals surface area contributed by atoms with Crippen LogP contribution in [0.3, 0.4) is 0 Å². The zero-order valence-electron chi connectivity index (χ0n) is 8.95. The van der Waals surface area contributed by atoms with Crippen molar-refractivity contribution in [2.75, 3.05) is 0 Å². The number of hydrogen-bond donors (Lipinski definition) is 2. The highest BCUT2D eigenvalue weighted by Crippen LogP contribution is 2.17. The number of Topliss-reactive ketones (excluding diaryl/α,β-unsaturated/α-hetero) is 1. The molecule has 0 fully saturated rings. The minimum atomic E-state index is -0.681. The largest absolute Gasteiger partial charge is 0.507 e. The first-order valence-electron chi connectivity index (χ1n) is 4.71. The monoisotopic (exact) mass is 225 g/mol. The number of nitrogens with one attached hydrogen (secondary N) is 1. The fraction of sp³-hybridized carbons (Fsp3) is 0.273. The molecule has 0 radical (unpaired) electrons. The second-order valence-corrected chi connectivity index (χ2v) is 3.47. The van der Waals surface area contributed by atoms with Crippen molar-refractivity contribution in [3.63, 3.8) is 0 Å². The molecule has 0 saturated carbocycles. The van der Waals surface area contributed by atoms with Crippen molar-refractivity contribution in [3.05, 3.63) is 29.6 Å². The molecule has 86 valence electrons. The van der Waals surface area contributed by atoms with Gasteiger partial charge in [0.05, 0.1) is 11.6 Å². The van der Waals surface area contributed by atoms with E-state index in [1.807, 2.05) is 0 Å². The molecule has 0 aromatic heterocycles. The Kier molecular flexibility index (Phi) is 3.60. The van der Waals surface area contributed by atoms with Crippen molar-refractivity contribution >= 4 is 11.7 Å². The molecule has 1 aromatic rings. The van der Waals surface area contributed by atoms with Crippen LogP contribution in [0.5, 0.6) is 5.75 Å². The van der Waals surface area contributed by atoms with E-state index in [-0.39, 0.29) is 17.1 Å². The summed E-state index contributed by atoms with van der Waals surface area (Å²) >= 11 is 0. The highest BCUT2D eigenvalue weighted by molar-refractivity contribution is 5.99. The molecule has 0 spiro atoms. The maximum Gasteiger partial charge on any atom is 0.255 e. The summed E-state index contributed by atoms with van der Waals surface area (Å²) in [5, 5.41) is 11.7. The van der Waals surface area contributed by atoms with Gasteiger partial charge in [-0.25, -0.2) is 4.39 Å². The van der Waals surface area contributed by atoms with Crippen molar-refractivity contribution < 1.29 is 19.1 Å². The number of aromatic hydroxyl groups is 1. The number of rotatable bonds is 3. The van der Waals surface area contributed by atoms with E-state index in [9.17, 15) is 19.1 Å². The van der Waals surface area contributed by atoms with Crippen LogP contribution in [0.15, 0.2) is 18.2 Å². The van der Waals surface area contributed by atoms with Crippen molar-refractivity contribution in [1.29, 1.82) is 0 Å². The Balaban J connectivity index is 2.88. The number of phenols is 1. The van der Waals surface area contributed by atoms with Crippen LogP contribution in [0.2, 0.25) is 0 Å². The number of ketones is 1. The third-order valence-electron chi connectivity index (χ3n) is 2.16. The highest BCUT2D eigenvalue weighted by atomic mass is 19.1. The first kappa shape index (κ1) is 12.2. The quantitative estimate of drug-likeness (QED) is 0.813. The van der Waals surface area contributed by atoms with Crippen molar-refractivity contribution in [3.8, 4) is 5.75 Å². The molecule has 1 atom stereocenters. The van der Waals surface area contributed by atoms with E-state index >= 15 is 0 Å². The molecule has 5 heteroatoms. The fourth-order valence-corrected chi connectivity index (χ4v) is 1.07. The fourth-order valence-electron chi connectivity index (χ4n) is 1.07. The zero-order chi connectivity index (χ0) is 12.3. The topological polar surface area (TPSA) is 66.4 Å². The van der Waals surface area contributed by atoms with Crippen molar-refractivity contribution in [2.24, 2.45) is 0 Å². The molecular formula is C11H12FNO3. The Morgan fingerprint density at radius 1 is 1.44 bits per heavy atom. The second kappa shape index (κ2) is 4.74. The lowest BCUT2D eigenvalue weighted by Gasteiger charge is -2.11. The normalized spacial score (nSPS) is 11.9. The van der Waals surface area contributed by atoms with Gasteiger partial charge in [0.15, 0.2) is 5.78 Å². The number of carbonyl (C=O) groups is 2. The van der Waals surface area contributed by atoms with Gasteiger partial charge in [-0.2, -0.15) is 0 Å². The van der Waals surface area contributed by atoms with E-state index in [1.165, 1.54) is 13.8 Å². The SMILES string of the molecule is CC(=O)C(C)NC(=O)c1cc(F)ccc1O. The summed E-state index contributed by atoms with van der Waals surface area (Å²) in [6.45, 7) is 2.84. The number of halogens is 1. The molecule has 2 N–H and O–H groups in total. The van der Waals surface area contributed by atoms with Crippen LogP contribution < -0.4 is 5.32 Å². The molecule has 0 aliphatic rings. The van der Waals surface area contributed by atoms with Gasteiger partial charge in [0.25, 0.3) is 5.91 Å². The molecule has 1 aromatic carbocycles. The second-order valence-electron chi connectivity index (χ2n) is 3.47. The molecule has 0 saturated heterocycles. The predicted molar refractivity (Wildman–Crippen MR) is 55.7 cm³/mol. The highest BCUT2D eigenvalue weighted by Gasteiger charge is 2.16. The van der Waals surface area contributed by atoms with Crippen LogP contribution in [-0.2, 0) is 4.79 Å². The van der Waals surface area contributed by atoms with E-state index in [2.05, 4.69) is 5.32 Å². The zero-order valence-corrected chi connectivity index (χ0v) is 8.95. The molecule has 1 unspecified atom stereocenters. The summed E-state index contributed by atoms with van der Waals surface area (Å²) in [5.41, 5.74) is -0.187. The van der Waals surface area contributed by atoms with Crippen LogP contribution in [0.4, 0.5) is 4.39 Å². The Morgan fingerprint density at radius 3 is 2.62 bits per heavy atom. The molecule has 0 heterocycles. The Bertz CT molecular complexity index is 431. The van der Waals surface area contributed by atoms with Crippen LogP contribution in [0, 0.1) is 5.82 Å². The average Bonchev–Trinajstić information content (AvgIpc) is 2.21. The molecule has 0 bridgehead atoms. The molecular weight excluding hydrogens is 213 g/mol. The maximum atomic E-state index is 12.8. The summed E-state index contributed by atoms with van der Waals surface area (Å²) in [5.74, 6) is -1.85. The third kappa shape index (κ3) is 2.79. The molecule has 0 aliphatic carbocycles. The molecule has 0 aliphatic heterocycles. The van der Waals surface area contributed by atoms with E-state index in [0.29, 0.717) is 0 Å².